The van der Waals surface area contributed by atoms with Crippen molar-refractivity contribution < 1.29 is 0 Å². The number of thioether (sulfide) groups is 1. The summed E-state index contributed by atoms with van der Waals surface area (Å²) in [4.78, 5) is 2.41. The van der Waals surface area contributed by atoms with Crippen LogP contribution in [0.2, 0.25) is 0 Å². The third-order valence-electron chi connectivity index (χ3n) is 3.09. The summed E-state index contributed by atoms with van der Waals surface area (Å²) in [5.41, 5.74) is 8.10. The van der Waals surface area contributed by atoms with Crippen molar-refractivity contribution in [1.82, 2.24) is 4.90 Å². The first-order chi connectivity index (χ1) is 7.68. The van der Waals surface area contributed by atoms with Crippen molar-refractivity contribution in [3.8, 4) is 0 Å². The van der Waals surface area contributed by atoms with Crippen molar-refractivity contribution in [2.24, 2.45) is 0 Å². The van der Waals surface area contributed by atoms with Crippen molar-refractivity contribution in [3.05, 3.63) is 28.2 Å². The number of nitrogens with zero attached hydrogens (tertiary/aromatic N) is 1. The van der Waals surface area contributed by atoms with Crippen molar-refractivity contribution in [3.63, 3.8) is 0 Å². The minimum absolute atomic E-state index is 0.705. The van der Waals surface area contributed by atoms with Crippen molar-refractivity contribution >= 4 is 33.4 Å². The van der Waals surface area contributed by atoms with Crippen LogP contribution in [0.5, 0.6) is 0 Å². The molecule has 0 bridgehead atoms. The standard InChI is InChI=1S/C12H17BrN2S/c1-15(9-5-6-16-8-9)7-10-11(13)3-2-4-12(10)14/h2-4,9H,5-8,14H2,1H3. The summed E-state index contributed by atoms with van der Waals surface area (Å²) in [5.74, 6) is 2.54. The normalized spacial score (nSPS) is 20.6. The van der Waals surface area contributed by atoms with Gasteiger partial charge >= 0.3 is 0 Å². The lowest BCUT2D eigenvalue weighted by molar-refractivity contribution is 0.254. The predicted octanol–water partition coefficient (Wildman–Crippen LogP) is 2.97. The summed E-state index contributed by atoms with van der Waals surface area (Å²) < 4.78 is 1.12. The van der Waals surface area contributed by atoms with E-state index in [0.717, 1.165) is 16.7 Å². The molecule has 2 nitrogen and oxygen atoms in total. The average Bonchev–Trinajstić information content (AvgIpc) is 2.76. The maximum absolute atomic E-state index is 6.01. The molecule has 0 aliphatic carbocycles. The van der Waals surface area contributed by atoms with E-state index in [2.05, 4.69) is 33.9 Å². The molecule has 1 saturated heterocycles. The van der Waals surface area contributed by atoms with E-state index in [0.29, 0.717) is 6.04 Å². The molecule has 1 fully saturated rings. The highest BCUT2D eigenvalue weighted by atomic mass is 79.9. The smallest absolute Gasteiger partial charge is 0.0371 e. The highest BCUT2D eigenvalue weighted by Gasteiger charge is 2.21. The Hall–Kier alpha value is -0.190. The van der Waals surface area contributed by atoms with Gasteiger partial charge in [-0.25, -0.2) is 0 Å². The summed E-state index contributed by atoms with van der Waals surface area (Å²) >= 11 is 5.62. The molecule has 1 aromatic rings. The molecule has 0 radical (unpaired) electrons. The van der Waals surface area contributed by atoms with Crippen LogP contribution in [0.25, 0.3) is 0 Å². The van der Waals surface area contributed by atoms with E-state index < -0.39 is 0 Å². The fourth-order valence-electron chi connectivity index (χ4n) is 1.99. The summed E-state index contributed by atoms with van der Waals surface area (Å²) in [6.07, 6.45) is 1.30. The summed E-state index contributed by atoms with van der Waals surface area (Å²) in [6.45, 7) is 0.929. The molecule has 2 N–H and O–H groups in total. The maximum Gasteiger partial charge on any atom is 0.0371 e. The number of hydrogen-bond acceptors (Lipinski definition) is 3. The molecule has 0 aromatic heterocycles. The van der Waals surface area contributed by atoms with Crippen LogP contribution in [0.15, 0.2) is 22.7 Å². The molecule has 1 aliphatic rings. The molecule has 1 aromatic carbocycles. The topological polar surface area (TPSA) is 29.3 Å². The molecule has 4 heteroatoms. The zero-order chi connectivity index (χ0) is 11.5. The summed E-state index contributed by atoms with van der Waals surface area (Å²) in [7, 11) is 2.19. The first kappa shape index (κ1) is 12.3. The molecule has 1 atom stereocenters. The van der Waals surface area contributed by atoms with Gasteiger partial charge in [0.05, 0.1) is 0 Å². The van der Waals surface area contributed by atoms with E-state index in [4.69, 9.17) is 5.73 Å². The van der Waals surface area contributed by atoms with E-state index in [1.807, 2.05) is 23.9 Å². The van der Waals surface area contributed by atoms with Crippen molar-refractivity contribution in [2.75, 3.05) is 24.3 Å². The van der Waals surface area contributed by atoms with Gasteiger partial charge in [0.1, 0.15) is 0 Å². The number of anilines is 1. The molecule has 16 heavy (non-hydrogen) atoms. The Balaban J connectivity index is 2.07. The lowest BCUT2D eigenvalue weighted by Crippen LogP contribution is -2.31. The van der Waals surface area contributed by atoms with Gasteiger partial charge in [0.25, 0.3) is 0 Å². The number of hydrogen-bond donors (Lipinski definition) is 1. The van der Waals surface area contributed by atoms with Gasteiger partial charge in [-0.15, -0.1) is 0 Å². The second kappa shape index (κ2) is 5.43. The predicted molar refractivity (Wildman–Crippen MR) is 75.8 cm³/mol. The molecule has 88 valence electrons. The van der Waals surface area contributed by atoms with Gasteiger partial charge in [-0.1, -0.05) is 22.0 Å². The lowest BCUT2D eigenvalue weighted by Gasteiger charge is -2.24. The fourth-order valence-corrected chi connectivity index (χ4v) is 3.80. The number of rotatable bonds is 3. The molecule has 0 spiro atoms. The van der Waals surface area contributed by atoms with Crippen LogP contribution in [0.1, 0.15) is 12.0 Å². The van der Waals surface area contributed by atoms with E-state index in [-0.39, 0.29) is 0 Å². The highest BCUT2D eigenvalue weighted by molar-refractivity contribution is 9.10. The Morgan fingerprint density at radius 2 is 2.38 bits per heavy atom. The third kappa shape index (κ3) is 2.73. The Morgan fingerprint density at radius 3 is 3.00 bits per heavy atom. The average molecular weight is 301 g/mol. The molecule has 1 heterocycles. The Morgan fingerprint density at radius 1 is 1.56 bits per heavy atom. The summed E-state index contributed by atoms with van der Waals surface area (Å²) in [6, 6.07) is 6.71. The molecule has 0 amide bonds. The molecule has 1 aliphatic heterocycles. The minimum Gasteiger partial charge on any atom is -0.398 e. The molecular weight excluding hydrogens is 284 g/mol. The van der Waals surface area contributed by atoms with Gasteiger partial charge in [-0.2, -0.15) is 11.8 Å². The largest absolute Gasteiger partial charge is 0.398 e. The van der Waals surface area contributed by atoms with Gasteiger partial charge in [0, 0.05) is 34.1 Å². The van der Waals surface area contributed by atoms with Gasteiger partial charge < -0.3 is 5.73 Å². The summed E-state index contributed by atoms with van der Waals surface area (Å²) in [5, 5.41) is 0. The first-order valence-electron chi connectivity index (χ1n) is 5.49. The van der Waals surface area contributed by atoms with Gasteiger partial charge in [-0.3, -0.25) is 4.90 Å². The SMILES string of the molecule is CN(Cc1c(N)cccc1Br)C1CCSC1. The zero-order valence-electron chi connectivity index (χ0n) is 9.45. The monoisotopic (exact) mass is 300 g/mol. The quantitative estimate of drug-likeness (QED) is 0.870. The molecular formula is C12H17BrN2S. The fraction of sp³-hybridized carbons (Fsp3) is 0.500. The van der Waals surface area contributed by atoms with Crippen LogP contribution in [-0.4, -0.2) is 29.5 Å². The number of nitrogen functional groups attached to an aromatic ring is 1. The molecule has 2 rings (SSSR count). The zero-order valence-corrected chi connectivity index (χ0v) is 11.9. The number of nitrogens with two attached hydrogens (primary N) is 1. The Labute approximate surface area is 110 Å². The second-order valence-electron chi connectivity index (χ2n) is 4.24. The van der Waals surface area contributed by atoms with Crippen molar-refractivity contribution in [2.45, 2.75) is 19.0 Å². The number of benzene rings is 1. The van der Waals surface area contributed by atoms with Crippen LogP contribution < -0.4 is 5.73 Å². The first-order valence-corrected chi connectivity index (χ1v) is 7.44. The van der Waals surface area contributed by atoms with E-state index in [9.17, 15) is 0 Å². The highest BCUT2D eigenvalue weighted by Crippen LogP contribution is 2.27. The second-order valence-corrected chi connectivity index (χ2v) is 6.24. The van der Waals surface area contributed by atoms with Crippen molar-refractivity contribution in [1.29, 1.82) is 0 Å². The molecule has 0 saturated carbocycles. The van der Waals surface area contributed by atoms with E-state index >= 15 is 0 Å². The van der Waals surface area contributed by atoms with E-state index in [1.165, 1.54) is 23.5 Å². The Bertz CT molecular complexity index is 344. The van der Waals surface area contributed by atoms with Gasteiger partial charge in [0.2, 0.25) is 0 Å². The minimum atomic E-state index is 0.705. The van der Waals surface area contributed by atoms with Crippen LogP contribution in [0.4, 0.5) is 5.69 Å². The van der Waals surface area contributed by atoms with Gasteiger partial charge in [0.15, 0.2) is 0 Å². The van der Waals surface area contributed by atoms with E-state index in [1.54, 1.807) is 0 Å². The van der Waals surface area contributed by atoms with Gasteiger partial charge in [-0.05, 0) is 31.4 Å². The van der Waals surface area contributed by atoms with Crippen LogP contribution in [0.3, 0.4) is 0 Å². The van der Waals surface area contributed by atoms with Crippen LogP contribution in [0, 0.1) is 0 Å². The maximum atomic E-state index is 6.01. The number of halogens is 1. The lowest BCUT2D eigenvalue weighted by atomic mass is 10.1. The Kier molecular flexibility index (Phi) is 4.16. The van der Waals surface area contributed by atoms with Crippen LogP contribution >= 0.6 is 27.7 Å². The third-order valence-corrected chi connectivity index (χ3v) is 4.98. The molecule has 1 unspecified atom stereocenters. The van der Waals surface area contributed by atoms with Crippen LogP contribution in [-0.2, 0) is 6.54 Å².